The number of imidazole rings is 1. The molecule has 0 aliphatic carbocycles. The molecule has 1 N–H and O–H groups in total. The van der Waals surface area contributed by atoms with Crippen LogP contribution in [0.15, 0.2) is 72.0 Å². The van der Waals surface area contributed by atoms with E-state index >= 15 is 0 Å². The average Bonchev–Trinajstić information content (AvgIpc) is 3.25. The monoisotopic (exact) mass is 400 g/mol. The molecule has 30 heavy (non-hydrogen) atoms. The van der Waals surface area contributed by atoms with Crippen molar-refractivity contribution >= 4 is 10.9 Å². The van der Waals surface area contributed by atoms with Crippen molar-refractivity contribution in [3.63, 3.8) is 0 Å². The van der Waals surface area contributed by atoms with Crippen molar-refractivity contribution < 1.29 is 0 Å². The first kappa shape index (κ1) is 20.1. The quantitative estimate of drug-likeness (QED) is 0.454. The highest BCUT2D eigenvalue weighted by molar-refractivity contribution is 5.80. The molecule has 2 aromatic carbocycles. The largest absolute Gasteiger partial charge is 0.337 e. The molecular formula is C25H28N4O. The van der Waals surface area contributed by atoms with Gasteiger partial charge in [0.15, 0.2) is 0 Å². The Hall–Kier alpha value is -3.18. The third-order valence-corrected chi connectivity index (χ3v) is 5.56. The van der Waals surface area contributed by atoms with Crippen molar-refractivity contribution in [3.05, 3.63) is 99.9 Å². The Kier molecular flexibility index (Phi) is 6.10. The summed E-state index contributed by atoms with van der Waals surface area (Å²) in [6.45, 7) is 7.10. The van der Waals surface area contributed by atoms with E-state index in [1.165, 1.54) is 16.7 Å². The van der Waals surface area contributed by atoms with Gasteiger partial charge in [0, 0.05) is 31.0 Å². The molecule has 0 radical (unpaired) electrons. The fourth-order valence-electron chi connectivity index (χ4n) is 3.84. The molecule has 0 fully saturated rings. The molecule has 0 amide bonds. The number of fused-ring (bicyclic) bond motifs is 1. The Morgan fingerprint density at radius 1 is 1.03 bits per heavy atom. The molecule has 0 aliphatic rings. The summed E-state index contributed by atoms with van der Waals surface area (Å²) in [5.41, 5.74) is 5.45. The van der Waals surface area contributed by atoms with Crippen molar-refractivity contribution in [2.45, 2.75) is 39.9 Å². The van der Waals surface area contributed by atoms with Crippen LogP contribution in [0.1, 0.15) is 28.7 Å². The summed E-state index contributed by atoms with van der Waals surface area (Å²) in [6, 6.07) is 16.6. The molecule has 0 saturated heterocycles. The van der Waals surface area contributed by atoms with Gasteiger partial charge in [-0.05, 0) is 61.5 Å². The van der Waals surface area contributed by atoms with Gasteiger partial charge in [0.05, 0.1) is 18.4 Å². The van der Waals surface area contributed by atoms with E-state index in [0.717, 1.165) is 36.0 Å². The van der Waals surface area contributed by atoms with E-state index < -0.39 is 0 Å². The Balaban J connectivity index is 1.57. The third-order valence-electron chi connectivity index (χ3n) is 5.56. The molecule has 0 saturated carbocycles. The van der Waals surface area contributed by atoms with Gasteiger partial charge in [-0.2, -0.15) is 0 Å². The van der Waals surface area contributed by atoms with Crippen LogP contribution < -0.4 is 10.9 Å². The van der Waals surface area contributed by atoms with Crippen LogP contribution in [0.4, 0.5) is 0 Å². The normalized spacial score (nSPS) is 11.3. The summed E-state index contributed by atoms with van der Waals surface area (Å²) < 4.78 is 3.98. The van der Waals surface area contributed by atoms with Crippen LogP contribution in [0, 0.1) is 13.8 Å². The lowest BCUT2D eigenvalue weighted by Crippen LogP contribution is -2.28. The molecule has 4 rings (SSSR count). The smallest absolute Gasteiger partial charge is 0.255 e. The maximum Gasteiger partial charge on any atom is 0.255 e. The van der Waals surface area contributed by atoms with Crippen molar-refractivity contribution in [1.29, 1.82) is 0 Å². The average molecular weight is 401 g/mol. The zero-order valence-corrected chi connectivity index (χ0v) is 17.6. The summed E-state index contributed by atoms with van der Waals surface area (Å²) in [6.07, 6.45) is 6.58. The number of hydrogen-bond acceptors (Lipinski definition) is 3. The van der Waals surface area contributed by atoms with Crippen molar-refractivity contribution in [1.82, 2.24) is 19.4 Å². The molecule has 5 nitrogen and oxygen atoms in total. The molecule has 0 spiro atoms. The third kappa shape index (κ3) is 4.52. The molecule has 0 atom stereocenters. The fourth-order valence-corrected chi connectivity index (χ4v) is 3.84. The Morgan fingerprint density at radius 2 is 1.90 bits per heavy atom. The Labute approximate surface area is 177 Å². The second kappa shape index (κ2) is 9.09. The SMILES string of the molecule is Cc1ccc2c(c1)cc(CNCCCn1ccnc1)c(=O)n2Cc1ccccc1C. The second-order valence-corrected chi connectivity index (χ2v) is 7.88. The number of rotatable bonds is 8. The van der Waals surface area contributed by atoms with Gasteiger partial charge in [0.1, 0.15) is 0 Å². The number of aryl methyl sites for hydroxylation is 3. The van der Waals surface area contributed by atoms with Gasteiger partial charge in [-0.1, -0.05) is 35.9 Å². The first-order chi connectivity index (χ1) is 14.6. The minimum atomic E-state index is 0.0803. The number of nitrogens with zero attached hydrogens (tertiary/aromatic N) is 3. The number of hydrogen-bond donors (Lipinski definition) is 1. The predicted octanol–water partition coefficient (Wildman–Crippen LogP) is 4.04. The highest BCUT2D eigenvalue weighted by Crippen LogP contribution is 2.18. The van der Waals surface area contributed by atoms with Crippen molar-refractivity contribution in [3.8, 4) is 0 Å². The second-order valence-electron chi connectivity index (χ2n) is 7.88. The van der Waals surface area contributed by atoms with Gasteiger partial charge in [0.25, 0.3) is 5.56 Å². The van der Waals surface area contributed by atoms with Gasteiger partial charge >= 0.3 is 0 Å². The lowest BCUT2D eigenvalue weighted by molar-refractivity contribution is 0.577. The number of benzene rings is 2. The van der Waals surface area contributed by atoms with Gasteiger partial charge in [-0.15, -0.1) is 0 Å². The molecule has 2 aromatic heterocycles. The van der Waals surface area contributed by atoms with E-state index in [1.54, 1.807) is 6.20 Å². The summed E-state index contributed by atoms with van der Waals surface area (Å²) in [4.78, 5) is 17.4. The number of aromatic nitrogens is 3. The number of pyridine rings is 1. The molecule has 0 unspecified atom stereocenters. The van der Waals surface area contributed by atoms with E-state index in [1.807, 2.05) is 35.3 Å². The van der Waals surface area contributed by atoms with Gasteiger partial charge in [-0.25, -0.2) is 4.98 Å². The lowest BCUT2D eigenvalue weighted by atomic mass is 10.1. The van der Waals surface area contributed by atoms with Gasteiger partial charge in [-0.3, -0.25) is 4.79 Å². The predicted molar refractivity (Wildman–Crippen MR) is 122 cm³/mol. The van der Waals surface area contributed by atoms with Crippen LogP contribution in [0.5, 0.6) is 0 Å². The van der Waals surface area contributed by atoms with Crippen LogP contribution in [0.2, 0.25) is 0 Å². The van der Waals surface area contributed by atoms with E-state index in [0.29, 0.717) is 13.1 Å². The molecular weight excluding hydrogens is 372 g/mol. The fraction of sp³-hybridized carbons (Fsp3) is 0.280. The zero-order valence-electron chi connectivity index (χ0n) is 17.6. The lowest BCUT2D eigenvalue weighted by Gasteiger charge is -2.15. The molecule has 0 aliphatic heterocycles. The van der Waals surface area contributed by atoms with E-state index in [4.69, 9.17) is 0 Å². The van der Waals surface area contributed by atoms with Crippen LogP contribution >= 0.6 is 0 Å². The topological polar surface area (TPSA) is 51.9 Å². The summed E-state index contributed by atoms with van der Waals surface area (Å²) in [5.74, 6) is 0. The summed E-state index contributed by atoms with van der Waals surface area (Å²) in [7, 11) is 0. The minimum Gasteiger partial charge on any atom is -0.337 e. The molecule has 4 aromatic rings. The highest BCUT2D eigenvalue weighted by atomic mass is 16.1. The molecule has 154 valence electrons. The van der Waals surface area contributed by atoms with Crippen LogP contribution in [0.3, 0.4) is 0 Å². The molecule has 2 heterocycles. The van der Waals surface area contributed by atoms with Crippen LogP contribution in [-0.2, 0) is 19.6 Å². The Morgan fingerprint density at radius 3 is 2.70 bits per heavy atom. The van der Waals surface area contributed by atoms with Gasteiger partial charge in [0.2, 0.25) is 0 Å². The zero-order chi connectivity index (χ0) is 20.9. The standard InChI is InChI=1S/C25H28N4O/c1-19-8-9-24-22(14-19)15-23(16-26-10-5-12-28-13-11-27-18-28)25(30)29(24)17-21-7-4-3-6-20(21)2/h3-4,6-9,11,13-15,18,26H,5,10,12,16-17H2,1-2H3. The Bertz CT molecular complexity index is 1190. The van der Waals surface area contributed by atoms with Crippen molar-refractivity contribution in [2.75, 3.05) is 6.54 Å². The maximum atomic E-state index is 13.3. The number of nitrogens with one attached hydrogen (secondary N) is 1. The minimum absolute atomic E-state index is 0.0803. The molecule has 5 heteroatoms. The first-order valence-electron chi connectivity index (χ1n) is 10.5. The van der Waals surface area contributed by atoms with E-state index in [2.05, 4.69) is 59.0 Å². The highest BCUT2D eigenvalue weighted by Gasteiger charge is 2.11. The summed E-state index contributed by atoms with van der Waals surface area (Å²) >= 11 is 0. The van der Waals surface area contributed by atoms with Crippen LogP contribution in [-0.4, -0.2) is 20.7 Å². The first-order valence-corrected chi connectivity index (χ1v) is 10.5. The van der Waals surface area contributed by atoms with Crippen molar-refractivity contribution in [2.24, 2.45) is 0 Å². The van der Waals surface area contributed by atoms with E-state index in [-0.39, 0.29) is 5.56 Å². The van der Waals surface area contributed by atoms with Gasteiger partial charge < -0.3 is 14.5 Å². The molecule has 0 bridgehead atoms. The summed E-state index contributed by atoms with van der Waals surface area (Å²) in [5, 5.41) is 4.55. The van der Waals surface area contributed by atoms with E-state index in [9.17, 15) is 4.79 Å². The van der Waals surface area contributed by atoms with Crippen LogP contribution in [0.25, 0.3) is 10.9 Å². The maximum absolute atomic E-state index is 13.3.